The van der Waals surface area contributed by atoms with Crippen LogP contribution in [0.1, 0.15) is 19.5 Å². The second-order valence-corrected chi connectivity index (χ2v) is 9.25. The molecule has 1 spiro atoms. The molecule has 3 aliphatic rings. The molecule has 2 aliphatic heterocycles. The highest BCUT2D eigenvalue weighted by atomic mass is 35.5. The lowest BCUT2D eigenvalue weighted by Gasteiger charge is -2.30. The molecule has 6 nitrogen and oxygen atoms in total. The average molecular weight is 443 g/mol. The maximum Gasteiger partial charge on any atom is 0.489 e. The topological polar surface area (TPSA) is 75.0 Å². The molecule has 0 saturated heterocycles. The normalized spacial score (nSPS) is 23.3. The number of halogens is 4. The van der Waals surface area contributed by atoms with E-state index in [-0.39, 0.29) is 37.8 Å². The summed E-state index contributed by atoms with van der Waals surface area (Å²) in [6.07, 6.45) is 0.245. The van der Waals surface area contributed by atoms with Crippen molar-refractivity contribution in [1.82, 2.24) is 9.88 Å². The smallest absolute Gasteiger partial charge is 0.255 e. The molecule has 0 amide bonds. The number of hydrogen-bond donors (Lipinski definition) is 0. The Bertz CT molecular complexity index is 1180. The Balaban J connectivity index is 1.91. The van der Waals surface area contributed by atoms with Gasteiger partial charge in [0.15, 0.2) is 15.4 Å². The summed E-state index contributed by atoms with van der Waals surface area (Å²) in [4.78, 5) is 12.5. The number of aliphatic imine (C=N–C) groups is 2. The molecule has 0 N–H and O–H groups in total. The molecule has 4 rings (SSSR count). The van der Waals surface area contributed by atoms with Crippen molar-refractivity contribution in [3.05, 3.63) is 52.6 Å². The van der Waals surface area contributed by atoms with Crippen molar-refractivity contribution in [1.29, 1.82) is 0 Å². The molecule has 1 aromatic heterocycles. The number of aromatic nitrogens is 1. The minimum atomic E-state index is -4.67. The summed E-state index contributed by atoms with van der Waals surface area (Å²) in [5, 5.41) is 0.0533. The quantitative estimate of drug-likeness (QED) is 0.527. The zero-order valence-corrected chi connectivity index (χ0v) is 16.8. The van der Waals surface area contributed by atoms with Crippen LogP contribution < -0.4 is 0 Å². The van der Waals surface area contributed by atoms with Crippen LogP contribution >= 0.6 is 11.6 Å². The summed E-state index contributed by atoms with van der Waals surface area (Å²) in [5.74, 6) is -0.174. The van der Waals surface area contributed by atoms with Crippen molar-refractivity contribution in [2.45, 2.75) is 30.6 Å². The summed E-state index contributed by atoms with van der Waals surface area (Å²) in [6.45, 7) is 3.19. The highest BCUT2D eigenvalue weighted by molar-refractivity contribution is 7.91. The lowest BCUT2D eigenvalue weighted by molar-refractivity contribution is -0.203. The van der Waals surface area contributed by atoms with Crippen LogP contribution in [0.2, 0.25) is 5.15 Å². The van der Waals surface area contributed by atoms with Crippen LogP contribution in [0.25, 0.3) is 5.57 Å². The fourth-order valence-corrected chi connectivity index (χ4v) is 4.69. The van der Waals surface area contributed by atoms with E-state index < -0.39 is 21.7 Å². The van der Waals surface area contributed by atoms with Gasteiger partial charge in [-0.15, -0.1) is 13.2 Å². The first-order chi connectivity index (χ1) is 13.5. The third kappa shape index (κ3) is 2.84. The number of hydrogen-bond acceptors (Lipinski definition) is 6. The van der Waals surface area contributed by atoms with Gasteiger partial charge in [0.25, 0.3) is 0 Å². The van der Waals surface area contributed by atoms with Crippen molar-refractivity contribution in [3.8, 4) is 0 Å². The van der Waals surface area contributed by atoms with Crippen LogP contribution in [0.15, 0.2) is 56.6 Å². The molecule has 0 fully saturated rings. The Kier molecular flexibility index (Phi) is 4.29. The predicted octanol–water partition coefficient (Wildman–Crippen LogP) is 3.77. The minimum Gasteiger partial charge on any atom is -0.255 e. The molecular formula is C18H14ClF3N4O2S. The van der Waals surface area contributed by atoms with Gasteiger partial charge in [0.1, 0.15) is 5.15 Å². The predicted molar refractivity (Wildman–Crippen MR) is 103 cm³/mol. The lowest BCUT2D eigenvalue weighted by atomic mass is 9.80. The van der Waals surface area contributed by atoms with Crippen molar-refractivity contribution in [2.24, 2.45) is 9.98 Å². The van der Waals surface area contributed by atoms with E-state index in [1.807, 2.05) is 0 Å². The van der Waals surface area contributed by atoms with Gasteiger partial charge in [-0.05, 0) is 30.7 Å². The zero-order chi connectivity index (χ0) is 21.2. The van der Waals surface area contributed by atoms with Gasteiger partial charge in [0, 0.05) is 5.57 Å². The standard InChI is InChI=1S/C18H14ClF3N4O2S/c1-3-29(27,28)11-4-5-13(19)25-15(11)14-10(2)6-7-17-12(8-23-16(14)17)26(9-24-17)18(20,21)22/h4-9H,3H2,1-2H3. The van der Waals surface area contributed by atoms with Gasteiger partial charge in [0.05, 0.1) is 40.3 Å². The molecule has 1 atom stereocenters. The van der Waals surface area contributed by atoms with Crippen molar-refractivity contribution >= 4 is 39.1 Å². The molecule has 29 heavy (non-hydrogen) atoms. The van der Waals surface area contributed by atoms with E-state index in [0.29, 0.717) is 17.5 Å². The van der Waals surface area contributed by atoms with Crippen LogP contribution in [0, 0.1) is 0 Å². The summed E-state index contributed by atoms with van der Waals surface area (Å²) < 4.78 is 65.3. The molecule has 1 aliphatic carbocycles. The largest absolute Gasteiger partial charge is 0.489 e. The first-order valence-corrected chi connectivity index (χ1v) is 10.5. The summed E-state index contributed by atoms with van der Waals surface area (Å²) in [7, 11) is -3.69. The van der Waals surface area contributed by atoms with Gasteiger partial charge in [-0.3, -0.25) is 9.98 Å². The van der Waals surface area contributed by atoms with Crippen molar-refractivity contribution in [3.63, 3.8) is 0 Å². The molecule has 0 radical (unpaired) electrons. The van der Waals surface area contributed by atoms with Gasteiger partial charge in [0.2, 0.25) is 0 Å². The highest BCUT2D eigenvalue weighted by Crippen LogP contribution is 2.47. The van der Waals surface area contributed by atoms with Gasteiger partial charge in [-0.1, -0.05) is 24.6 Å². The van der Waals surface area contributed by atoms with E-state index >= 15 is 0 Å². The number of sulfone groups is 1. The third-order valence-electron chi connectivity index (χ3n) is 4.96. The van der Waals surface area contributed by atoms with E-state index in [0.717, 1.165) is 6.20 Å². The monoisotopic (exact) mass is 442 g/mol. The Labute approximate surface area is 169 Å². The van der Waals surface area contributed by atoms with Crippen molar-refractivity contribution < 1.29 is 21.6 Å². The first kappa shape index (κ1) is 19.8. The summed E-state index contributed by atoms with van der Waals surface area (Å²) in [6, 6.07) is 2.70. The molecule has 1 aromatic rings. The average Bonchev–Trinajstić information content (AvgIpc) is 3.17. The van der Waals surface area contributed by atoms with E-state index in [4.69, 9.17) is 11.6 Å². The van der Waals surface area contributed by atoms with Gasteiger partial charge in [-0.25, -0.2) is 18.3 Å². The van der Waals surface area contributed by atoms with Crippen LogP contribution in [0.3, 0.4) is 0 Å². The summed E-state index contributed by atoms with van der Waals surface area (Å²) in [5.41, 5.74) is -0.543. The number of alkyl halides is 3. The van der Waals surface area contributed by atoms with E-state index in [9.17, 15) is 21.6 Å². The Morgan fingerprint density at radius 1 is 1.28 bits per heavy atom. The molecule has 0 saturated carbocycles. The summed E-state index contributed by atoms with van der Waals surface area (Å²) >= 11 is 6.03. The molecule has 0 aromatic carbocycles. The van der Waals surface area contributed by atoms with Crippen LogP contribution in [-0.2, 0) is 9.84 Å². The number of allylic oxidation sites excluding steroid dienone is 2. The molecule has 0 bridgehead atoms. The van der Waals surface area contributed by atoms with Crippen molar-refractivity contribution in [2.75, 3.05) is 5.75 Å². The lowest BCUT2D eigenvalue weighted by Crippen LogP contribution is -2.42. The molecular weight excluding hydrogens is 429 g/mol. The maximum absolute atomic E-state index is 13.4. The maximum atomic E-state index is 13.4. The number of nitrogens with zero attached hydrogens (tertiary/aromatic N) is 4. The van der Waals surface area contributed by atoms with Crippen LogP contribution in [-0.4, -0.2) is 47.9 Å². The SMILES string of the molecule is CCS(=O)(=O)c1ccc(Cl)nc1C1=C(C)C=CC23N=CN(C(F)(F)F)C2=CN=C13. The third-order valence-corrected chi connectivity index (χ3v) is 6.93. The molecule has 152 valence electrons. The zero-order valence-electron chi connectivity index (χ0n) is 15.2. The second kappa shape index (κ2) is 6.27. The first-order valence-electron chi connectivity index (χ1n) is 8.52. The van der Waals surface area contributed by atoms with E-state index in [1.54, 1.807) is 13.0 Å². The fourth-order valence-electron chi connectivity index (χ4n) is 3.52. The van der Waals surface area contributed by atoms with Gasteiger partial charge < -0.3 is 0 Å². The van der Waals surface area contributed by atoms with Crippen LogP contribution in [0.4, 0.5) is 13.2 Å². The number of pyridine rings is 1. The molecule has 1 unspecified atom stereocenters. The van der Waals surface area contributed by atoms with Gasteiger partial charge >= 0.3 is 6.30 Å². The molecule has 11 heteroatoms. The van der Waals surface area contributed by atoms with Crippen LogP contribution in [0.5, 0.6) is 0 Å². The highest BCUT2D eigenvalue weighted by Gasteiger charge is 2.55. The van der Waals surface area contributed by atoms with E-state index in [2.05, 4.69) is 15.0 Å². The van der Waals surface area contributed by atoms with Gasteiger partial charge in [-0.2, -0.15) is 0 Å². The number of rotatable bonds is 3. The second-order valence-electron chi connectivity index (χ2n) is 6.62. The molecule has 3 heterocycles. The Morgan fingerprint density at radius 2 is 2.00 bits per heavy atom. The Morgan fingerprint density at radius 3 is 2.66 bits per heavy atom. The van der Waals surface area contributed by atoms with E-state index in [1.165, 1.54) is 25.1 Å². The minimum absolute atomic E-state index is 0.0506. The Hall–Kier alpha value is -2.46. The fraction of sp³-hybridized carbons (Fsp3) is 0.278.